The molecule has 2 saturated heterocycles. The summed E-state index contributed by atoms with van der Waals surface area (Å²) in [6.07, 6.45) is 0. The topological polar surface area (TPSA) is 28.2 Å². The molecule has 0 N–H and O–H groups in total. The molecule has 0 bridgehead atoms. The van der Waals surface area contributed by atoms with E-state index < -0.39 is 0 Å². The Bertz CT molecular complexity index is 509. The third-order valence-corrected chi connectivity index (χ3v) is 4.87. The second-order valence-electron chi connectivity index (χ2n) is 6.36. The number of fused-ring (bicyclic) bond motifs is 1. The summed E-state index contributed by atoms with van der Waals surface area (Å²) in [6, 6.07) is 6.77. The van der Waals surface area contributed by atoms with Gasteiger partial charge in [0.15, 0.2) is 0 Å². The van der Waals surface area contributed by atoms with Crippen LogP contribution in [0, 0.1) is 0 Å². The largest absolute Gasteiger partial charge is 0.497 e. The molecule has 22 heavy (non-hydrogen) atoms. The molecular weight excluding hydrogens is 278 g/mol. The van der Waals surface area contributed by atoms with Gasteiger partial charge in [0, 0.05) is 63.5 Å². The van der Waals surface area contributed by atoms with Crippen LogP contribution in [0.5, 0.6) is 11.5 Å². The molecule has 0 spiro atoms. The fourth-order valence-electron chi connectivity index (χ4n) is 3.54. The lowest BCUT2D eigenvalue weighted by Gasteiger charge is -2.46. The van der Waals surface area contributed by atoms with Gasteiger partial charge in [0.05, 0.1) is 14.2 Å². The highest BCUT2D eigenvalue weighted by Crippen LogP contribution is 2.26. The maximum Gasteiger partial charge on any atom is 0.127 e. The van der Waals surface area contributed by atoms with Gasteiger partial charge in [0.1, 0.15) is 11.5 Å². The average molecular weight is 305 g/mol. The van der Waals surface area contributed by atoms with Crippen LogP contribution in [0.3, 0.4) is 0 Å². The standard InChI is InChI=1S/C17H27N3O2/c1-18-6-8-20-9-7-19(13-15(20)12-18)11-14-4-5-16(21-2)10-17(14)22-3/h4-5,10,15H,6-9,11-13H2,1-3H3/t15-/m0/s1. The van der Waals surface area contributed by atoms with Crippen molar-refractivity contribution in [1.29, 1.82) is 0 Å². The maximum atomic E-state index is 5.53. The molecular formula is C17H27N3O2. The van der Waals surface area contributed by atoms with E-state index in [1.165, 1.54) is 31.7 Å². The van der Waals surface area contributed by atoms with Gasteiger partial charge in [-0.15, -0.1) is 0 Å². The van der Waals surface area contributed by atoms with E-state index in [-0.39, 0.29) is 0 Å². The number of hydrogen-bond donors (Lipinski definition) is 0. The fraction of sp³-hybridized carbons (Fsp3) is 0.647. The number of benzene rings is 1. The highest BCUT2D eigenvalue weighted by Gasteiger charge is 2.30. The zero-order valence-electron chi connectivity index (χ0n) is 13.9. The van der Waals surface area contributed by atoms with Crippen LogP contribution in [0.4, 0.5) is 0 Å². The van der Waals surface area contributed by atoms with Crippen molar-refractivity contribution in [3.63, 3.8) is 0 Å². The first-order valence-corrected chi connectivity index (χ1v) is 8.05. The second-order valence-corrected chi connectivity index (χ2v) is 6.36. The number of rotatable bonds is 4. The quantitative estimate of drug-likeness (QED) is 0.832. The number of nitrogens with zero attached hydrogens (tertiary/aromatic N) is 3. The number of hydrogen-bond acceptors (Lipinski definition) is 5. The molecule has 1 aromatic carbocycles. The Morgan fingerprint density at radius 1 is 1.05 bits per heavy atom. The zero-order valence-corrected chi connectivity index (χ0v) is 13.9. The number of methoxy groups -OCH3 is 2. The summed E-state index contributed by atoms with van der Waals surface area (Å²) in [5.41, 5.74) is 1.24. The third-order valence-electron chi connectivity index (χ3n) is 4.87. The number of ether oxygens (including phenoxy) is 2. The molecule has 0 unspecified atom stereocenters. The average Bonchev–Trinajstić information content (AvgIpc) is 2.54. The van der Waals surface area contributed by atoms with Gasteiger partial charge in [0.25, 0.3) is 0 Å². The Labute approximate surface area is 133 Å². The van der Waals surface area contributed by atoms with Crippen LogP contribution in [-0.4, -0.2) is 81.3 Å². The van der Waals surface area contributed by atoms with Crippen LogP contribution in [0.2, 0.25) is 0 Å². The first-order chi connectivity index (χ1) is 10.7. The van der Waals surface area contributed by atoms with Crippen molar-refractivity contribution >= 4 is 0 Å². The van der Waals surface area contributed by atoms with Crippen LogP contribution in [0.25, 0.3) is 0 Å². The highest BCUT2D eigenvalue weighted by atomic mass is 16.5. The molecule has 1 atom stereocenters. The molecule has 0 saturated carbocycles. The highest BCUT2D eigenvalue weighted by molar-refractivity contribution is 5.40. The molecule has 5 heteroatoms. The van der Waals surface area contributed by atoms with Crippen molar-refractivity contribution in [3.05, 3.63) is 23.8 Å². The van der Waals surface area contributed by atoms with Crippen molar-refractivity contribution in [3.8, 4) is 11.5 Å². The third kappa shape index (κ3) is 3.37. The predicted molar refractivity (Wildman–Crippen MR) is 87.7 cm³/mol. The molecule has 3 rings (SSSR count). The predicted octanol–water partition coefficient (Wildman–Crippen LogP) is 1.14. The van der Waals surface area contributed by atoms with E-state index in [9.17, 15) is 0 Å². The lowest BCUT2D eigenvalue weighted by atomic mass is 10.1. The first-order valence-electron chi connectivity index (χ1n) is 8.05. The van der Waals surface area contributed by atoms with E-state index in [0.29, 0.717) is 6.04 Å². The first kappa shape index (κ1) is 15.6. The van der Waals surface area contributed by atoms with E-state index in [1.807, 2.05) is 12.1 Å². The fourth-order valence-corrected chi connectivity index (χ4v) is 3.54. The van der Waals surface area contributed by atoms with Crippen molar-refractivity contribution in [2.45, 2.75) is 12.6 Å². The SMILES string of the molecule is COc1ccc(CN2CCN3CCN(C)C[C@H]3C2)c(OC)c1. The van der Waals surface area contributed by atoms with E-state index in [2.05, 4.69) is 27.8 Å². The van der Waals surface area contributed by atoms with E-state index >= 15 is 0 Å². The van der Waals surface area contributed by atoms with Gasteiger partial charge in [-0.2, -0.15) is 0 Å². The van der Waals surface area contributed by atoms with Gasteiger partial charge in [-0.25, -0.2) is 0 Å². The minimum atomic E-state index is 0.664. The molecule has 122 valence electrons. The van der Waals surface area contributed by atoms with Crippen LogP contribution >= 0.6 is 0 Å². The minimum Gasteiger partial charge on any atom is -0.497 e. The van der Waals surface area contributed by atoms with Crippen molar-refractivity contribution in [1.82, 2.24) is 14.7 Å². The molecule has 2 fully saturated rings. The molecule has 2 heterocycles. The number of likely N-dealkylation sites (N-methyl/N-ethyl adjacent to an activating group) is 1. The Morgan fingerprint density at radius 2 is 1.86 bits per heavy atom. The van der Waals surface area contributed by atoms with E-state index in [1.54, 1.807) is 14.2 Å². The molecule has 1 aromatic rings. The Hall–Kier alpha value is -1.30. The van der Waals surface area contributed by atoms with E-state index in [0.717, 1.165) is 31.1 Å². The summed E-state index contributed by atoms with van der Waals surface area (Å²) < 4.78 is 10.8. The number of piperazine rings is 2. The monoisotopic (exact) mass is 305 g/mol. The van der Waals surface area contributed by atoms with Gasteiger partial charge in [-0.1, -0.05) is 6.07 Å². The molecule has 0 aliphatic carbocycles. The molecule has 2 aliphatic rings. The Kier molecular flexibility index (Phi) is 4.86. The van der Waals surface area contributed by atoms with Crippen molar-refractivity contribution in [2.24, 2.45) is 0 Å². The second kappa shape index (κ2) is 6.86. The van der Waals surface area contributed by atoms with Gasteiger partial charge in [-0.05, 0) is 13.1 Å². The van der Waals surface area contributed by atoms with Crippen LogP contribution in [0.15, 0.2) is 18.2 Å². The smallest absolute Gasteiger partial charge is 0.127 e. The molecule has 0 radical (unpaired) electrons. The summed E-state index contributed by atoms with van der Waals surface area (Å²) in [5.74, 6) is 1.77. The summed E-state index contributed by atoms with van der Waals surface area (Å²) in [6.45, 7) is 7.98. The van der Waals surface area contributed by atoms with Crippen LogP contribution in [0.1, 0.15) is 5.56 Å². The molecule has 0 amide bonds. The summed E-state index contributed by atoms with van der Waals surface area (Å²) in [5, 5.41) is 0. The maximum absolute atomic E-state index is 5.53. The Balaban J connectivity index is 1.66. The van der Waals surface area contributed by atoms with Gasteiger partial charge >= 0.3 is 0 Å². The van der Waals surface area contributed by atoms with Crippen LogP contribution in [-0.2, 0) is 6.54 Å². The molecule has 2 aliphatic heterocycles. The Morgan fingerprint density at radius 3 is 2.64 bits per heavy atom. The molecule has 5 nitrogen and oxygen atoms in total. The summed E-state index contributed by atoms with van der Waals surface area (Å²) >= 11 is 0. The zero-order chi connectivity index (χ0) is 15.5. The lowest BCUT2D eigenvalue weighted by molar-refractivity contribution is 0.0173. The summed E-state index contributed by atoms with van der Waals surface area (Å²) in [7, 11) is 5.64. The van der Waals surface area contributed by atoms with Gasteiger partial charge in [0.2, 0.25) is 0 Å². The normalized spacial score (nSPS) is 24.0. The lowest BCUT2D eigenvalue weighted by Crippen LogP contribution is -2.61. The van der Waals surface area contributed by atoms with E-state index in [4.69, 9.17) is 9.47 Å². The molecule has 0 aromatic heterocycles. The van der Waals surface area contributed by atoms with Crippen molar-refractivity contribution in [2.75, 3.05) is 60.5 Å². The van der Waals surface area contributed by atoms with Gasteiger partial charge < -0.3 is 14.4 Å². The van der Waals surface area contributed by atoms with Crippen LogP contribution < -0.4 is 9.47 Å². The van der Waals surface area contributed by atoms with Crippen molar-refractivity contribution < 1.29 is 9.47 Å². The summed E-state index contributed by atoms with van der Waals surface area (Å²) in [4.78, 5) is 7.63. The van der Waals surface area contributed by atoms with Gasteiger partial charge in [-0.3, -0.25) is 9.80 Å². The minimum absolute atomic E-state index is 0.664.